The van der Waals surface area contributed by atoms with Crippen molar-refractivity contribution in [3.8, 4) is 0 Å². The summed E-state index contributed by atoms with van der Waals surface area (Å²) in [4.78, 5) is 206. The van der Waals surface area contributed by atoms with Gasteiger partial charge < -0.3 is 100 Å². The zero-order valence-electron chi connectivity index (χ0n) is 58.1. The third-order valence-corrected chi connectivity index (χ3v) is 18.7. The number of aliphatic imine (C=N–C) groups is 1. The molecule has 12 amide bonds. The molecule has 2 aliphatic heterocycles. The lowest BCUT2D eigenvalue weighted by atomic mass is 9.96. The van der Waals surface area contributed by atoms with Gasteiger partial charge in [-0.15, -0.1) is 0 Å². The number of carboxylic acids is 2. The SMILES string of the molecule is CC[C@@H](C)[C@H](NC(=O)[C@@H](CCC(=O)[O-])NC(=O)[C@H](CC(C)C)NC(=O)C1CN=C([C@@H](N)[C@@H](C)CC)S1)C(=O)N[C@H]1CCCCNC(=O)[C@H](CC(N)=O)NC(=O)[C@@H](CC(=O)[O-])NC(=O)[C@H](Cc2cnc[nH]2)NC(=O)[C@@H](Cc2ccccc2)NC(=O)[C@H]([C@H](C)CC)NC(=O)[C@@H](CCCN)NC1=O. The lowest BCUT2D eigenvalue weighted by Gasteiger charge is -2.30. The molecule has 2 aliphatic rings. The number of carbonyl (C=O) groups excluding carboxylic acids is 14. The molecule has 15 atom stereocenters. The van der Waals surface area contributed by atoms with E-state index < -0.39 is 192 Å². The van der Waals surface area contributed by atoms with Crippen molar-refractivity contribution in [3.63, 3.8) is 0 Å². The fraction of sp³-hybridized carbons (Fsp3) is 0.636. The monoisotopic (exact) mass is 1420 g/mol. The minimum absolute atomic E-state index is 0.00773. The number of hydrogen-bond acceptors (Lipinski definition) is 21. The second kappa shape index (κ2) is 42.1. The number of aromatic amines is 1. The maximum absolute atomic E-state index is 14.9. The number of primary amides is 1. The van der Waals surface area contributed by atoms with Crippen LogP contribution < -0.4 is 85.9 Å². The van der Waals surface area contributed by atoms with Crippen LogP contribution in [0.15, 0.2) is 47.8 Å². The standard InChI is InChI=1S/C66H103N17O16S/c1-9-35(6)52(69)66-72-32-48(100-66)63(97)80-43(26-34(4)5)59(93)75-42(22-23-50(85)86)58(92)83-53(36(7)10-2)64(98)76-40-20-15-16-25-71-55(89)46(29-49(68)84)78-62(96)47(30-51(87)88)79-61(95)45(28-39-31-70-33-73-39)77-60(94)44(27-38-18-13-12-14-19-38)81-65(99)54(37(8)11-3)82-57(91)41(21-17-24-67)74-56(40)90/h12-14,18-19,31,33-37,40-48,52-54H,9-11,15-17,20-30,32,67,69H2,1-8H3,(H2,68,84)(H,70,73)(H,71,89)(H,74,90)(H,75,93)(H,76,98)(H,77,94)(H,78,96)(H,79,95)(H,80,97)(H,81,99)(H,82,91)(H,83,92)(H,85,86)(H,87,88)/p-2/t35-,36+,37+,40-,41+,42+,43-,44+,45-,46-,47+,48?,52-,53-,54-/m0/s1. The first-order valence-electron chi connectivity index (χ1n) is 34.1. The van der Waals surface area contributed by atoms with Crippen LogP contribution in [0.2, 0.25) is 0 Å². The summed E-state index contributed by atoms with van der Waals surface area (Å²) in [5, 5.41) is 52.5. The summed E-state index contributed by atoms with van der Waals surface area (Å²) in [6, 6.07) is -7.73. The Kier molecular flexibility index (Phi) is 35.1. The van der Waals surface area contributed by atoms with E-state index in [1.165, 1.54) is 24.3 Å². The summed E-state index contributed by atoms with van der Waals surface area (Å²) < 4.78 is 0. The van der Waals surface area contributed by atoms with Gasteiger partial charge in [0.15, 0.2) is 0 Å². The van der Waals surface area contributed by atoms with E-state index in [0.717, 1.165) is 6.42 Å². The van der Waals surface area contributed by atoms with Gasteiger partial charge in [0.05, 0.1) is 30.4 Å². The molecule has 1 fully saturated rings. The van der Waals surface area contributed by atoms with Gasteiger partial charge in [-0.05, 0) is 87.1 Å². The van der Waals surface area contributed by atoms with Crippen LogP contribution >= 0.6 is 11.8 Å². The number of nitrogens with one attached hydrogen (secondary N) is 12. The number of aliphatic carboxylic acids is 2. The van der Waals surface area contributed by atoms with Gasteiger partial charge in [-0.25, -0.2) is 4.98 Å². The highest BCUT2D eigenvalue weighted by Gasteiger charge is 2.40. The van der Waals surface area contributed by atoms with E-state index in [1.807, 2.05) is 13.8 Å². The number of carbonyl (C=O) groups is 14. The summed E-state index contributed by atoms with van der Waals surface area (Å²) >= 11 is 1.19. The summed E-state index contributed by atoms with van der Waals surface area (Å²) in [6.45, 7) is 14.1. The molecule has 4 rings (SSSR count). The molecule has 1 aromatic heterocycles. The number of nitrogens with two attached hydrogens (primary N) is 3. The Hall–Kier alpha value is -9.05. The quantitative estimate of drug-likeness (QED) is 0.0339. The highest BCUT2D eigenvalue weighted by atomic mass is 32.2. The molecule has 2 aromatic rings. The topological polar surface area (TPSA) is 537 Å². The molecule has 0 aliphatic carbocycles. The van der Waals surface area contributed by atoms with E-state index in [1.54, 1.807) is 71.9 Å². The van der Waals surface area contributed by atoms with Gasteiger partial charge in [-0.1, -0.05) is 117 Å². The minimum atomic E-state index is -2.01. The molecule has 1 saturated heterocycles. The van der Waals surface area contributed by atoms with Gasteiger partial charge in [0.2, 0.25) is 70.9 Å². The van der Waals surface area contributed by atoms with Gasteiger partial charge in [-0.2, -0.15) is 0 Å². The molecular formula is C66H101N17O16S-2. The Morgan fingerprint density at radius 3 is 1.85 bits per heavy atom. The molecule has 33 nitrogen and oxygen atoms in total. The Balaban J connectivity index is 1.76. The third kappa shape index (κ3) is 27.6. The predicted molar refractivity (Wildman–Crippen MR) is 364 cm³/mol. The van der Waals surface area contributed by atoms with E-state index in [9.17, 15) is 77.3 Å². The number of hydrogen-bond donors (Lipinski definition) is 15. The maximum Gasteiger partial charge on any atom is 0.243 e. The van der Waals surface area contributed by atoms with E-state index in [4.69, 9.17) is 17.2 Å². The van der Waals surface area contributed by atoms with Crippen LogP contribution in [0.4, 0.5) is 0 Å². The summed E-state index contributed by atoms with van der Waals surface area (Å²) in [5.41, 5.74) is 18.7. The number of imidazole rings is 1. The number of benzene rings is 1. The highest BCUT2D eigenvalue weighted by Crippen LogP contribution is 2.27. The van der Waals surface area contributed by atoms with Crippen molar-refractivity contribution < 1.29 is 77.3 Å². The molecule has 0 spiro atoms. The van der Waals surface area contributed by atoms with Crippen LogP contribution in [0, 0.1) is 23.7 Å². The highest BCUT2D eigenvalue weighted by molar-refractivity contribution is 8.15. The third-order valence-electron chi connectivity index (χ3n) is 17.5. The van der Waals surface area contributed by atoms with Crippen LogP contribution in [0.25, 0.3) is 0 Å². The number of rotatable bonds is 31. The van der Waals surface area contributed by atoms with E-state index in [2.05, 4.69) is 73.4 Å². The summed E-state index contributed by atoms with van der Waals surface area (Å²) in [7, 11) is 0. The van der Waals surface area contributed by atoms with Gasteiger partial charge in [0.1, 0.15) is 65.7 Å². The predicted octanol–water partition coefficient (Wildman–Crippen LogP) is -4.35. The van der Waals surface area contributed by atoms with Crippen molar-refractivity contribution in [1.29, 1.82) is 0 Å². The Morgan fingerprint density at radius 2 is 1.26 bits per heavy atom. The number of H-pyrrole nitrogens is 1. The fourth-order valence-electron chi connectivity index (χ4n) is 10.8. The molecule has 18 N–H and O–H groups in total. The van der Waals surface area contributed by atoms with Gasteiger partial charge in [0, 0.05) is 49.6 Å². The molecule has 554 valence electrons. The number of thioether (sulfide) groups is 1. The molecule has 34 heteroatoms. The van der Waals surface area contributed by atoms with Crippen LogP contribution in [-0.2, 0) is 80.0 Å². The lowest BCUT2D eigenvalue weighted by Crippen LogP contribution is -2.62. The summed E-state index contributed by atoms with van der Waals surface area (Å²) in [6.07, 6.45) is -0.0657. The van der Waals surface area contributed by atoms with E-state index in [0.29, 0.717) is 10.6 Å². The Labute approximate surface area is 586 Å². The molecule has 100 heavy (non-hydrogen) atoms. The van der Waals surface area contributed by atoms with Crippen LogP contribution in [0.1, 0.15) is 150 Å². The van der Waals surface area contributed by atoms with Crippen molar-refractivity contribution in [2.24, 2.45) is 45.9 Å². The van der Waals surface area contributed by atoms with Crippen molar-refractivity contribution in [1.82, 2.24) is 68.5 Å². The number of aromatic nitrogens is 2. The largest absolute Gasteiger partial charge is 0.550 e. The number of carboxylic acid groups (broad SMARTS) is 2. The molecule has 1 aromatic carbocycles. The van der Waals surface area contributed by atoms with Crippen LogP contribution in [0.3, 0.4) is 0 Å². The first kappa shape index (κ1) is 83.4. The molecule has 1 unspecified atom stereocenters. The normalized spacial score (nSPS) is 23.1. The number of amides is 12. The van der Waals surface area contributed by atoms with Crippen molar-refractivity contribution >= 4 is 99.6 Å². The van der Waals surface area contributed by atoms with Gasteiger partial charge in [0.25, 0.3) is 0 Å². The van der Waals surface area contributed by atoms with E-state index in [-0.39, 0.29) is 101 Å². The molecular weight excluding hydrogens is 1320 g/mol. The average molecular weight is 1420 g/mol. The Morgan fingerprint density at radius 1 is 0.660 bits per heavy atom. The van der Waals surface area contributed by atoms with Crippen LogP contribution in [-0.4, -0.2) is 189 Å². The zero-order valence-corrected chi connectivity index (χ0v) is 58.9. The van der Waals surface area contributed by atoms with E-state index >= 15 is 0 Å². The lowest BCUT2D eigenvalue weighted by molar-refractivity contribution is -0.307. The smallest absolute Gasteiger partial charge is 0.243 e. The van der Waals surface area contributed by atoms with Crippen molar-refractivity contribution in [2.45, 2.75) is 223 Å². The molecule has 0 radical (unpaired) electrons. The first-order valence-corrected chi connectivity index (χ1v) is 34.9. The number of nitrogens with zero attached hydrogens (tertiary/aromatic N) is 2. The summed E-state index contributed by atoms with van der Waals surface area (Å²) in [5.74, 6) is -16.4. The maximum atomic E-state index is 14.9. The molecule has 0 saturated carbocycles. The molecule has 3 heterocycles. The van der Waals surface area contributed by atoms with Crippen molar-refractivity contribution in [2.75, 3.05) is 19.6 Å². The Bertz CT molecular complexity index is 3160. The van der Waals surface area contributed by atoms with Gasteiger partial charge in [-0.3, -0.25) is 62.5 Å². The van der Waals surface area contributed by atoms with Gasteiger partial charge >= 0.3 is 0 Å². The first-order chi connectivity index (χ1) is 47.4. The fourth-order valence-corrected chi connectivity index (χ4v) is 12.0. The van der Waals surface area contributed by atoms with Crippen LogP contribution in [0.5, 0.6) is 0 Å². The molecule has 0 bridgehead atoms. The second-order valence-electron chi connectivity index (χ2n) is 25.9. The second-order valence-corrected chi connectivity index (χ2v) is 27.1. The van der Waals surface area contributed by atoms with Crippen molar-refractivity contribution in [3.05, 3.63) is 54.1 Å². The minimum Gasteiger partial charge on any atom is -0.550 e. The average Bonchev–Trinajstić information content (AvgIpc) is 1.41. The zero-order chi connectivity index (χ0) is 74.3.